The summed E-state index contributed by atoms with van der Waals surface area (Å²) in [6, 6.07) is 12.2. The van der Waals surface area contributed by atoms with Gasteiger partial charge < -0.3 is 10.2 Å². The monoisotopic (exact) mass is 318 g/mol. The van der Waals surface area contributed by atoms with Gasteiger partial charge in [0.05, 0.1) is 0 Å². The smallest absolute Gasteiger partial charge is 0.263 e. The number of hydrogen-bond acceptors (Lipinski definition) is 5. The molecule has 0 amide bonds. The largest absolute Gasteiger partial charge is 0.354 e. The van der Waals surface area contributed by atoms with E-state index >= 15 is 0 Å². The average Bonchev–Trinajstić information content (AvgIpc) is 2.56. The quantitative estimate of drug-likeness (QED) is 0.889. The minimum absolute atomic E-state index is 0.162. The number of nitrogens with one attached hydrogen (secondary N) is 2. The molecule has 1 aliphatic heterocycles. The van der Waals surface area contributed by atoms with E-state index in [9.17, 15) is 8.42 Å². The van der Waals surface area contributed by atoms with Crippen molar-refractivity contribution >= 4 is 21.5 Å². The maximum atomic E-state index is 12.3. The van der Waals surface area contributed by atoms with Crippen LogP contribution in [0, 0.1) is 0 Å². The van der Waals surface area contributed by atoms with E-state index in [1.54, 1.807) is 36.4 Å². The fraction of sp³-hybridized carbons (Fsp3) is 0.267. The predicted octanol–water partition coefficient (Wildman–Crippen LogP) is 1.29. The second-order valence-corrected chi connectivity index (χ2v) is 6.74. The molecule has 0 aliphatic carbocycles. The molecule has 0 unspecified atom stereocenters. The Morgan fingerprint density at radius 2 is 1.77 bits per heavy atom. The lowest BCUT2D eigenvalue weighted by Crippen LogP contribution is -2.43. The van der Waals surface area contributed by atoms with Gasteiger partial charge in [0, 0.05) is 38.1 Å². The number of anilines is 2. The van der Waals surface area contributed by atoms with E-state index in [0.29, 0.717) is 5.69 Å². The zero-order valence-electron chi connectivity index (χ0n) is 12.1. The summed E-state index contributed by atoms with van der Waals surface area (Å²) in [6.45, 7) is 3.58. The number of benzene rings is 1. The zero-order valence-corrected chi connectivity index (χ0v) is 12.9. The number of para-hydroxylation sites is 1. The van der Waals surface area contributed by atoms with Gasteiger partial charge in [0.2, 0.25) is 0 Å². The normalized spacial score (nSPS) is 15.5. The van der Waals surface area contributed by atoms with Crippen LogP contribution in [-0.4, -0.2) is 39.6 Å². The Morgan fingerprint density at radius 1 is 1.05 bits per heavy atom. The molecule has 1 saturated heterocycles. The van der Waals surface area contributed by atoms with Crippen molar-refractivity contribution in [2.75, 3.05) is 35.8 Å². The molecule has 0 saturated carbocycles. The van der Waals surface area contributed by atoms with Gasteiger partial charge in [-0.3, -0.25) is 4.72 Å². The van der Waals surface area contributed by atoms with Gasteiger partial charge in [0.1, 0.15) is 10.7 Å². The topological polar surface area (TPSA) is 74.3 Å². The molecule has 7 heteroatoms. The summed E-state index contributed by atoms with van der Waals surface area (Å²) < 4.78 is 27.2. The summed E-state index contributed by atoms with van der Waals surface area (Å²) in [7, 11) is -3.60. The Morgan fingerprint density at radius 3 is 2.41 bits per heavy atom. The molecule has 0 bridgehead atoms. The van der Waals surface area contributed by atoms with Crippen molar-refractivity contribution in [1.29, 1.82) is 0 Å². The number of hydrogen-bond donors (Lipinski definition) is 2. The minimum Gasteiger partial charge on any atom is -0.354 e. The standard InChI is InChI=1S/C15H18N4O2S/c20-22(21,18-13-4-2-1-3-5-13)14-6-7-15(17-12-14)19-10-8-16-9-11-19/h1-7,12,16,18H,8-11H2. The average molecular weight is 318 g/mol. The number of pyridine rings is 1. The molecule has 3 rings (SSSR count). The van der Waals surface area contributed by atoms with Crippen LogP contribution < -0.4 is 14.9 Å². The lowest BCUT2D eigenvalue weighted by Gasteiger charge is -2.28. The van der Waals surface area contributed by atoms with Gasteiger partial charge >= 0.3 is 0 Å². The van der Waals surface area contributed by atoms with Crippen LogP contribution in [0.15, 0.2) is 53.6 Å². The van der Waals surface area contributed by atoms with Crippen LogP contribution in [-0.2, 0) is 10.0 Å². The summed E-state index contributed by atoms with van der Waals surface area (Å²) in [5.74, 6) is 0.806. The Labute approximate surface area is 130 Å². The summed E-state index contributed by atoms with van der Waals surface area (Å²) >= 11 is 0. The molecule has 2 N–H and O–H groups in total. The van der Waals surface area contributed by atoms with E-state index in [0.717, 1.165) is 32.0 Å². The number of piperazine rings is 1. The second-order valence-electron chi connectivity index (χ2n) is 5.06. The van der Waals surface area contributed by atoms with Crippen molar-refractivity contribution in [3.8, 4) is 0 Å². The molecule has 2 aromatic rings. The molecule has 22 heavy (non-hydrogen) atoms. The lowest BCUT2D eigenvalue weighted by molar-refractivity contribution is 0.584. The molecule has 6 nitrogen and oxygen atoms in total. The SMILES string of the molecule is O=S(=O)(Nc1ccccc1)c1ccc(N2CCNCC2)nc1. The van der Waals surface area contributed by atoms with Gasteiger partial charge in [0.25, 0.3) is 10.0 Å². The van der Waals surface area contributed by atoms with Gasteiger partial charge in [-0.15, -0.1) is 0 Å². The van der Waals surface area contributed by atoms with Gasteiger partial charge in [-0.2, -0.15) is 0 Å². The van der Waals surface area contributed by atoms with E-state index < -0.39 is 10.0 Å². The zero-order chi connectivity index (χ0) is 15.4. The van der Waals surface area contributed by atoms with Crippen molar-refractivity contribution in [3.05, 3.63) is 48.7 Å². The fourth-order valence-corrected chi connectivity index (χ4v) is 3.34. The van der Waals surface area contributed by atoms with Crippen molar-refractivity contribution in [1.82, 2.24) is 10.3 Å². The molecule has 0 radical (unpaired) electrons. The Bertz CT molecular complexity index is 711. The molecule has 2 heterocycles. The third kappa shape index (κ3) is 3.37. The van der Waals surface area contributed by atoms with Crippen LogP contribution in [0.1, 0.15) is 0 Å². The van der Waals surface area contributed by atoms with E-state index in [1.165, 1.54) is 6.20 Å². The van der Waals surface area contributed by atoms with Crippen LogP contribution in [0.4, 0.5) is 11.5 Å². The Hall–Kier alpha value is -2.12. The highest BCUT2D eigenvalue weighted by Gasteiger charge is 2.16. The van der Waals surface area contributed by atoms with E-state index in [4.69, 9.17) is 0 Å². The number of rotatable bonds is 4. The third-order valence-electron chi connectivity index (χ3n) is 3.50. The highest BCUT2D eigenvalue weighted by molar-refractivity contribution is 7.92. The van der Waals surface area contributed by atoms with Crippen LogP contribution in [0.3, 0.4) is 0 Å². The highest BCUT2D eigenvalue weighted by Crippen LogP contribution is 2.18. The van der Waals surface area contributed by atoms with Crippen molar-refractivity contribution < 1.29 is 8.42 Å². The number of sulfonamides is 1. The lowest BCUT2D eigenvalue weighted by atomic mass is 10.3. The third-order valence-corrected chi connectivity index (χ3v) is 4.86. The molecule has 116 valence electrons. The first-order valence-corrected chi connectivity index (χ1v) is 8.63. The van der Waals surface area contributed by atoms with Crippen molar-refractivity contribution in [2.24, 2.45) is 0 Å². The predicted molar refractivity (Wildman–Crippen MR) is 86.6 cm³/mol. The first kappa shape index (κ1) is 14.8. The fourth-order valence-electron chi connectivity index (χ4n) is 2.33. The molecule has 0 atom stereocenters. The maximum Gasteiger partial charge on any atom is 0.263 e. The molecule has 0 spiro atoms. The number of nitrogens with zero attached hydrogens (tertiary/aromatic N) is 2. The van der Waals surface area contributed by atoms with Crippen LogP contribution in [0.2, 0.25) is 0 Å². The highest BCUT2D eigenvalue weighted by atomic mass is 32.2. The second kappa shape index (κ2) is 6.33. The molecule has 1 aromatic carbocycles. The molecular formula is C15H18N4O2S. The number of aromatic nitrogens is 1. The summed E-state index contributed by atoms with van der Waals surface area (Å²) in [5.41, 5.74) is 0.536. The van der Waals surface area contributed by atoms with Gasteiger partial charge in [-0.1, -0.05) is 18.2 Å². The summed E-state index contributed by atoms with van der Waals surface area (Å²) in [6.07, 6.45) is 1.41. The Kier molecular flexibility index (Phi) is 4.26. The first-order chi connectivity index (χ1) is 10.6. The van der Waals surface area contributed by atoms with Crippen molar-refractivity contribution in [3.63, 3.8) is 0 Å². The molecule has 1 aliphatic rings. The Balaban J connectivity index is 1.76. The van der Waals surface area contributed by atoms with Gasteiger partial charge in [0.15, 0.2) is 0 Å². The van der Waals surface area contributed by atoms with E-state index in [1.807, 2.05) is 6.07 Å². The minimum atomic E-state index is -3.60. The van der Waals surface area contributed by atoms with E-state index in [-0.39, 0.29) is 4.90 Å². The van der Waals surface area contributed by atoms with Gasteiger partial charge in [-0.05, 0) is 24.3 Å². The van der Waals surface area contributed by atoms with E-state index in [2.05, 4.69) is 19.9 Å². The molecule has 1 fully saturated rings. The maximum absolute atomic E-state index is 12.3. The first-order valence-electron chi connectivity index (χ1n) is 7.15. The van der Waals surface area contributed by atoms with Crippen molar-refractivity contribution in [2.45, 2.75) is 4.90 Å². The molecular weight excluding hydrogens is 300 g/mol. The van der Waals surface area contributed by atoms with Crippen LogP contribution in [0.5, 0.6) is 0 Å². The summed E-state index contributed by atoms with van der Waals surface area (Å²) in [5, 5.41) is 3.27. The van der Waals surface area contributed by atoms with Gasteiger partial charge in [-0.25, -0.2) is 13.4 Å². The summed E-state index contributed by atoms with van der Waals surface area (Å²) in [4.78, 5) is 6.59. The van der Waals surface area contributed by atoms with Crippen LogP contribution >= 0.6 is 0 Å². The van der Waals surface area contributed by atoms with Crippen LogP contribution in [0.25, 0.3) is 0 Å². The molecule has 1 aromatic heterocycles.